The number of piperidine rings is 1. The van der Waals surface area contributed by atoms with Gasteiger partial charge in [-0.2, -0.15) is 0 Å². The fourth-order valence-corrected chi connectivity index (χ4v) is 4.45. The van der Waals surface area contributed by atoms with Gasteiger partial charge in [-0.05, 0) is 68.0 Å². The van der Waals surface area contributed by atoms with Gasteiger partial charge in [0.05, 0.1) is 16.3 Å². The van der Waals surface area contributed by atoms with Crippen LogP contribution in [0.15, 0.2) is 53.7 Å². The van der Waals surface area contributed by atoms with Gasteiger partial charge in [0, 0.05) is 35.6 Å². The van der Waals surface area contributed by atoms with Crippen molar-refractivity contribution in [2.75, 3.05) is 18.4 Å². The first-order valence-electron chi connectivity index (χ1n) is 10.6. The molecule has 166 valence electrons. The molecule has 2 heterocycles. The normalized spacial score (nSPS) is 14.5. The number of hydrogen-bond donors (Lipinski definition) is 2. The number of carbonyl (C=O) groups is 1. The maximum Gasteiger partial charge on any atom is 0.257 e. The first kappa shape index (κ1) is 22.6. The summed E-state index contributed by atoms with van der Waals surface area (Å²) < 4.78 is 13.2. The van der Waals surface area contributed by atoms with E-state index in [1.165, 1.54) is 12.1 Å². The SMILES string of the molecule is Cc1ccc(Cl)cc1Nc1c(C(=O)N2CCC(c3ccc(F)cc3)CC2)cnc(S)c1C. The number of anilines is 2. The fourth-order valence-electron chi connectivity index (χ4n) is 4.11. The molecule has 0 aliphatic carbocycles. The molecular formula is C25H25ClFN3OS. The monoisotopic (exact) mass is 469 g/mol. The van der Waals surface area contributed by atoms with E-state index < -0.39 is 0 Å². The Bertz CT molecular complexity index is 1140. The molecule has 1 fully saturated rings. The van der Waals surface area contributed by atoms with Gasteiger partial charge in [-0.1, -0.05) is 29.8 Å². The Morgan fingerprint density at radius 3 is 2.53 bits per heavy atom. The van der Waals surface area contributed by atoms with Gasteiger partial charge in [-0.15, -0.1) is 12.6 Å². The molecule has 3 aromatic rings. The van der Waals surface area contributed by atoms with Crippen LogP contribution in [0.3, 0.4) is 0 Å². The molecule has 0 saturated carbocycles. The second-order valence-electron chi connectivity index (χ2n) is 8.20. The highest BCUT2D eigenvalue weighted by Crippen LogP contribution is 2.33. The average Bonchev–Trinajstić information content (AvgIpc) is 2.79. The van der Waals surface area contributed by atoms with Crippen LogP contribution in [0.1, 0.15) is 45.8 Å². The third kappa shape index (κ3) is 4.76. The number of hydrogen-bond acceptors (Lipinski definition) is 4. The lowest BCUT2D eigenvalue weighted by atomic mass is 9.89. The number of halogens is 2. The average molecular weight is 470 g/mol. The van der Waals surface area contributed by atoms with Crippen LogP contribution in [0.2, 0.25) is 5.02 Å². The van der Waals surface area contributed by atoms with E-state index in [2.05, 4.69) is 22.9 Å². The molecule has 0 unspecified atom stereocenters. The summed E-state index contributed by atoms with van der Waals surface area (Å²) in [6, 6.07) is 12.3. The molecule has 1 saturated heterocycles. The number of aryl methyl sites for hydroxylation is 1. The van der Waals surface area contributed by atoms with E-state index >= 15 is 0 Å². The predicted octanol–water partition coefficient (Wildman–Crippen LogP) is 6.54. The van der Waals surface area contributed by atoms with Gasteiger partial charge in [-0.25, -0.2) is 9.37 Å². The second kappa shape index (κ2) is 9.51. The number of benzene rings is 2. The Morgan fingerprint density at radius 1 is 1.16 bits per heavy atom. The van der Waals surface area contributed by atoms with Gasteiger partial charge in [0.2, 0.25) is 0 Å². The molecule has 1 aliphatic rings. The summed E-state index contributed by atoms with van der Waals surface area (Å²) in [4.78, 5) is 19.6. The third-order valence-corrected chi connectivity index (χ3v) is 6.79. The summed E-state index contributed by atoms with van der Waals surface area (Å²) in [7, 11) is 0. The molecular weight excluding hydrogens is 445 g/mol. The quantitative estimate of drug-likeness (QED) is 0.426. The number of carbonyl (C=O) groups excluding carboxylic acids is 1. The largest absolute Gasteiger partial charge is 0.354 e. The zero-order valence-corrected chi connectivity index (χ0v) is 19.7. The van der Waals surface area contributed by atoms with E-state index in [4.69, 9.17) is 11.6 Å². The molecule has 1 amide bonds. The fraction of sp³-hybridized carbons (Fsp3) is 0.280. The number of pyridine rings is 1. The summed E-state index contributed by atoms with van der Waals surface area (Å²) in [5.74, 6) is 0.0338. The Morgan fingerprint density at radius 2 is 1.84 bits per heavy atom. The summed E-state index contributed by atoms with van der Waals surface area (Å²) in [5, 5.41) is 4.58. The summed E-state index contributed by atoms with van der Waals surface area (Å²) in [5.41, 5.74) is 4.99. The zero-order valence-electron chi connectivity index (χ0n) is 18.0. The highest BCUT2D eigenvalue weighted by Gasteiger charge is 2.27. The Kier molecular flexibility index (Phi) is 6.72. The van der Waals surface area contributed by atoms with E-state index in [9.17, 15) is 9.18 Å². The lowest BCUT2D eigenvalue weighted by Gasteiger charge is -2.33. The van der Waals surface area contributed by atoms with Crippen LogP contribution < -0.4 is 5.32 Å². The van der Waals surface area contributed by atoms with Crippen LogP contribution in [-0.4, -0.2) is 28.9 Å². The maximum absolute atomic E-state index is 13.5. The van der Waals surface area contributed by atoms with Crippen molar-refractivity contribution in [1.29, 1.82) is 0 Å². The first-order valence-corrected chi connectivity index (χ1v) is 11.4. The Hall–Kier alpha value is -2.57. The van der Waals surface area contributed by atoms with Crippen molar-refractivity contribution in [2.45, 2.75) is 37.6 Å². The number of rotatable bonds is 4. The van der Waals surface area contributed by atoms with Crippen molar-refractivity contribution in [3.63, 3.8) is 0 Å². The van der Waals surface area contributed by atoms with Crippen LogP contribution >= 0.6 is 24.2 Å². The van der Waals surface area contributed by atoms with Crippen LogP contribution in [-0.2, 0) is 0 Å². The minimum Gasteiger partial charge on any atom is -0.354 e. The summed E-state index contributed by atoms with van der Waals surface area (Å²) in [6.07, 6.45) is 3.27. The van der Waals surface area contributed by atoms with Gasteiger partial charge < -0.3 is 10.2 Å². The predicted molar refractivity (Wildman–Crippen MR) is 130 cm³/mol. The topological polar surface area (TPSA) is 45.2 Å². The van der Waals surface area contributed by atoms with E-state index in [0.717, 1.165) is 35.2 Å². The molecule has 0 spiro atoms. The number of likely N-dealkylation sites (tertiary alicyclic amines) is 1. The minimum atomic E-state index is -0.230. The van der Waals surface area contributed by atoms with Crippen molar-refractivity contribution < 1.29 is 9.18 Å². The highest BCUT2D eigenvalue weighted by atomic mass is 35.5. The first-order chi connectivity index (χ1) is 15.3. The molecule has 1 N–H and O–H groups in total. The number of nitrogens with zero attached hydrogens (tertiary/aromatic N) is 2. The molecule has 0 radical (unpaired) electrons. The van der Waals surface area contributed by atoms with Crippen LogP contribution in [0.4, 0.5) is 15.8 Å². The standard InChI is InChI=1S/C25H25ClFN3OS/c1-15-3-6-19(26)13-22(15)29-23-16(2)24(32)28-14-21(23)25(31)30-11-9-18(10-12-30)17-4-7-20(27)8-5-17/h3-8,13-14,18H,9-12H2,1-2H3,(H2,28,29,32). The number of amides is 1. The van der Waals surface area contributed by atoms with Crippen molar-refractivity contribution in [3.05, 3.63) is 81.8 Å². The van der Waals surface area contributed by atoms with Gasteiger partial charge in [0.25, 0.3) is 5.91 Å². The molecule has 7 heteroatoms. The molecule has 1 aliphatic heterocycles. The number of thiol groups is 1. The van der Waals surface area contributed by atoms with E-state index in [1.807, 2.05) is 49.1 Å². The molecule has 1 aromatic heterocycles. The molecule has 4 nitrogen and oxygen atoms in total. The minimum absolute atomic E-state index is 0.0614. The van der Waals surface area contributed by atoms with Crippen LogP contribution in [0.5, 0.6) is 0 Å². The molecule has 32 heavy (non-hydrogen) atoms. The zero-order chi connectivity index (χ0) is 22.8. The van der Waals surface area contributed by atoms with E-state index in [-0.39, 0.29) is 11.7 Å². The molecule has 0 atom stereocenters. The van der Waals surface area contributed by atoms with Crippen molar-refractivity contribution >= 4 is 41.5 Å². The lowest BCUT2D eigenvalue weighted by molar-refractivity contribution is 0.0713. The molecule has 4 rings (SSSR count). The van der Waals surface area contributed by atoms with Crippen molar-refractivity contribution in [2.24, 2.45) is 0 Å². The summed E-state index contributed by atoms with van der Waals surface area (Å²) >= 11 is 10.6. The highest BCUT2D eigenvalue weighted by molar-refractivity contribution is 7.80. The van der Waals surface area contributed by atoms with Gasteiger partial charge in [0.15, 0.2) is 0 Å². The van der Waals surface area contributed by atoms with Crippen molar-refractivity contribution in [1.82, 2.24) is 9.88 Å². The van der Waals surface area contributed by atoms with Gasteiger partial charge in [-0.3, -0.25) is 4.79 Å². The summed E-state index contributed by atoms with van der Waals surface area (Å²) in [6.45, 7) is 5.16. The third-order valence-electron chi connectivity index (χ3n) is 6.11. The van der Waals surface area contributed by atoms with E-state index in [0.29, 0.717) is 40.3 Å². The molecule has 0 bridgehead atoms. The Balaban J connectivity index is 1.56. The Labute approximate surface area is 198 Å². The smallest absolute Gasteiger partial charge is 0.257 e. The van der Waals surface area contributed by atoms with Gasteiger partial charge in [0.1, 0.15) is 5.82 Å². The number of nitrogens with one attached hydrogen (secondary N) is 1. The van der Waals surface area contributed by atoms with Gasteiger partial charge >= 0.3 is 0 Å². The maximum atomic E-state index is 13.5. The van der Waals surface area contributed by atoms with Crippen LogP contribution in [0.25, 0.3) is 0 Å². The van der Waals surface area contributed by atoms with Crippen LogP contribution in [0, 0.1) is 19.7 Å². The van der Waals surface area contributed by atoms with E-state index in [1.54, 1.807) is 6.20 Å². The van der Waals surface area contributed by atoms with Crippen molar-refractivity contribution in [3.8, 4) is 0 Å². The number of aromatic nitrogens is 1. The second-order valence-corrected chi connectivity index (χ2v) is 9.06. The lowest BCUT2D eigenvalue weighted by Crippen LogP contribution is -2.38. The molecule has 2 aromatic carbocycles.